The summed E-state index contributed by atoms with van der Waals surface area (Å²) in [5, 5.41) is 14.5. The van der Waals surface area contributed by atoms with Gasteiger partial charge in [0, 0.05) is 18.3 Å². The van der Waals surface area contributed by atoms with Crippen molar-refractivity contribution < 1.29 is 9.90 Å². The molecule has 0 fully saturated rings. The van der Waals surface area contributed by atoms with E-state index < -0.39 is 0 Å². The zero-order chi connectivity index (χ0) is 15.0. The molecule has 1 rings (SSSR count). The lowest BCUT2D eigenvalue weighted by Crippen LogP contribution is -2.36. The number of rotatable bonds is 7. The number of carbonyl (C=O) groups excluding carboxylic acids is 1. The van der Waals surface area contributed by atoms with Gasteiger partial charge in [-0.25, -0.2) is 4.79 Å². The number of benzene rings is 1. The van der Waals surface area contributed by atoms with Crippen LogP contribution in [0.15, 0.2) is 18.2 Å². The fourth-order valence-electron chi connectivity index (χ4n) is 2.24. The number of urea groups is 1. The average molecular weight is 278 g/mol. The predicted octanol–water partition coefficient (Wildman–Crippen LogP) is 3.09. The van der Waals surface area contributed by atoms with Crippen molar-refractivity contribution in [3.63, 3.8) is 0 Å². The molecule has 0 heterocycles. The molecule has 0 aliphatic carbocycles. The van der Waals surface area contributed by atoms with Gasteiger partial charge in [-0.05, 0) is 55.9 Å². The van der Waals surface area contributed by atoms with Gasteiger partial charge in [0.2, 0.25) is 0 Å². The van der Waals surface area contributed by atoms with Crippen LogP contribution in [0.2, 0.25) is 0 Å². The summed E-state index contributed by atoms with van der Waals surface area (Å²) in [6.45, 7) is 6.35. The minimum Gasteiger partial charge on any atom is -0.396 e. The number of aliphatic hydroxyl groups excluding tert-OH is 1. The third-order valence-electron chi connectivity index (χ3n) is 3.40. The van der Waals surface area contributed by atoms with E-state index in [1.165, 1.54) is 11.1 Å². The zero-order valence-corrected chi connectivity index (χ0v) is 12.7. The number of hydrogen-bond donors (Lipinski definition) is 3. The van der Waals surface area contributed by atoms with Crippen LogP contribution in [0.4, 0.5) is 10.5 Å². The molecule has 20 heavy (non-hydrogen) atoms. The molecule has 2 amide bonds. The molecule has 112 valence electrons. The first-order valence-electron chi connectivity index (χ1n) is 7.40. The second kappa shape index (κ2) is 8.59. The fourth-order valence-corrected chi connectivity index (χ4v) is 2.24. The average Bonchev–Trinajstić information content (AvgIpc) is 2.44. The SMILES string of the molecule is CCc1ccc(NC(=O)NC(C)CCCO)cc1CC. The van der Waals surface area contributed by atoms with Crippen molar-refractivity contribution in [1.29, 1.82) is 0 Å². The fraction of sp³-hybridized carbons (Fsp3) is 0.562. The smallest absolute Gasteiger partial charge is 0.319 e. The van der Waals surface area contributed by atoms with E-state index in [9.17, 15) is 4.79 Å². The lowest BCUT2D eigenvalue weighted by molar-refractivity contribution is 0.245. The molecule has 4 heteroatoms. The standard InChI is InChI=1S/C16H26N2O2/c1-4-13-8-9-15(11-14(13)5-2)18-16(20)17-12(3)7-6-10-19/h8-9,11-12,19H,4-7,10H2,1-3H3,(H2,17,18,20). The van der Waals surface area contributed by atoms with Crippen LogP contribution in [-0.4, -0.2) is 23.8 Å². The lowest BCUT2D eigenvalue weighted by atomic mass is 10.0. The number of nitrogens with one attached hydrogen (secondary N) is 2. The highest BCUT2D eigenvalue weighted by Gasteiger charge is 2.08. The summed E-state index contributed by atoms with van der Waals surface area (Å²) in [6, 6.07) is 5.92. The highest BCUT2D eigenvalue weighted by molar-refractivity contribution is 5.89. The third-order valence-corrected chi connectivity index (χ3v) is 3.40. The Labute approximate surface area is 121 Å². The monoisotopic (exact) mass is 278 g/mol. The molecule has 0 radical (unpaired) electrons. The number of carbonyl (C=O) groups is 1. The molecule has 4 nitrogen and oxygen atoms in total. The van der Waals surface area contributed by atoms with E-state index in [1.807, 2.05) is 19.1 Å². The summed E-state index contributed by atoms with van der Waals surface area (Å²) in [5.41, 5.74) is 3.43. The van der Waals surface area contributed by atoms with Gasteiger partial charge in [-0.3, -0.25) is 0 Å². The molecular formula is C16H26N2O2. The van der Waals surface area contributed by atoms with Crippen LogP contribution in [-0.2, 0) is 12.8 Å². The number of amides is 2. The van der Waals surface area contributed by atoms with Crippen molar-refractivity contribution in [2.75, 3.05) is 11.9 Å². The Balaban J connectivity index is 2.57. The first-order valence-corrected chi connectivity index (χ1v) is 7.40. The van der Waals surface area contributed by atoms with Gasteiger partial charge < -0.3 is 15.7 Å². The summed E-state index contributed by atoms with van der Waals surface area (Å²) < 4.78 is 0. The van der Waals surface area contributed by atoms with Crippen LogP contribution in [0.1, 0.15) is 44.7 Å². The van der Waals surface area contributed by atoms with Crippen LogP contribution in [0.25, 0.3) is 0 Å². The molecule has 0 aliphatic rings. The molecule has 3 N–H and O–H groups in total. The third kappa shape index (κ3) is 5.21. The number of hydrogen-bond acceptors (Lipinski definition) is 2. The molecule has 0 bridgehead atoms. The number of anilines is 1. The van der Waals surface area contributed by atoms with Crippen LogP contribution in [0.5, 0.6) is 0 Å². The molecule has 0 saturated carbocycles. The Morgan fingerprint density at radius 3 is 2.55 bits per heavy atom. The molecule has 0 aliphatic heterocycles. The molecule has 1 unspecified atom stereocenters. The molecule has 0 spiro atoms. The van der Waals surface area contributed by atoms with Crippen molar-refractivity contribution in [3.8, 4) is 0 Å². The zero-order valence-electron chi connectivity index (χ0n) is 12.7. The maximum absolute atomic E-state index is 11.9. The highest BCUT2D eigenvalue weighted by Crippen LogP contribution is 2.17. The Kier molecular flexibility index (Phi) is 7.09. The summed E-state index contributed by atoms with van der Waals surface area (Å²) in [5.74, 6) is 0. The summed E-state index contributed by atoms with van der Waals surface area (Å²) >= 11 is 0. The van der Waals surface area contributed by atoms with Gasteiger partial charge in [0.15, 0.2) is 0 Å². The van der Waals surface area contributed by atoms with Crippen LogP contribution in [0, 0.1) is 0 Å². The number of aliphatic hydroxyl groups is 1. The Bertz CT molecular complexity index is 432. The van der Waals surface area contributed by atoms with Gasteiger partial charge in [-0.15, -0.1) is 0 Å². The van der Waals surface area contributed by atoms with Crippen LogP contribution < -0.4 is 10.6 Å². The van der Waals surface area contributed by atoms with E-state index in [1.54, 1.807) is 0 Å². The molecular weight excluding hydrogens is 252 g/mol. The Hall–Kier alpha value is -1.55. The summed E-state index contributed by atoms with van der Waals surface area (Å²) in [6.07, 6.45) is 3.45. The van der Waals surface area contributed by atoms with Crippen molar-refractivity contribution >= 4 is 11.7 Å². The first-order chi connectivity index (χ1) is 9.60. The van der Waals surface area contributed by atoms with Crippen molar-refractivity contribution in [3.05, 3.63) is 29.3 Å². The molecule has 0 saturated heterocycles. The second-order valence-corrected chi connectivity index (χ2v) is 5.06. The predicted molar refractivity (Wildman–Crippen MR) is 83.1 cm³/mol. The normalized spacial score (nSPS) is 12.0. The molecule has 1 aromatic carbocycles. The lowest BCUT2D eigenvalue weighted by Gasteiger charge is -2.15. The number of aryl methyl sites for hydroxylation is 2. The topological polar surface area (TPSA) is 61.4 Å². The van der Waals surface area contributed by atoms with E-state index in [0.717, 1.165) is 24.9 Å². The van der Waals surface area contributed by atoms with Gasteiger partial charge in [-0.2, -0.15) is 0 Å². The van der Waals surface area contributed by atoms with Gasteiger partial charge in [-0.1, -0.05) is 19.9 Å². The molecule has 1 aromatic rings. The van der Waals surface area contributed by atoms with Gasteiger partial charge in [0.1, 0.15) is 0 Å². The maximum atomic E-state index is 11.9. The quantitative estimate of drug-likeness (QED) is 0.717. The second-order valence-electron chi connectivity index (χ2n) is 5.06. The van der Waals surface area contributed by atoms with E-state index >= 15 is 0 Å². The van der Waals surface area contributed by atoms with E-state index in [2.05, 4.69) is 30.5 Å². The molecule has 0 aromatic heterocycles. The maximum Gasteiger partial charge on any atom is 0.319 e. The highest BCUT2D eigenvalue weighted by atomic mass is 16.3. The van der Waals surface area contributed by atoms with Crippen molar-refractivity contribution in [1.82, 2.24) is 5.32 Å². The summed E-state index contributed by atoms with van der Waals surface area (Å²) in [7, 11) is 0. The van der Waals surface area contributed by atoms with E-state index in [4.69, 9.17) is 5.11 Å². The van der Waals surface area contributed by atoms with Crippen LogP contribution in [0.3, 0.4) is 0 Å². The van der Waals surface area contributed by atoms with Crippen LogP contribution >= 0.6 is 0 Å². The minimum atomic E-state index is -0.193. The largest absolute Gasteiger partial charge is 0.396 e. The van der Waals surface area contributed by atoms with Crippen molar-refractivity contribution in [2.45, 2.75) is 52.5 Å². The van der Waals surface area contributed by atoms with Gasteiger partial charge >= 0.3 is 6.03 Å². The first kappa shape index (κ1) is 16.5. The van der Waals surface area contributed by atoms with E-state index in [0.29, 0.717) is 6.42 Å². The van der Waals surface area contributed by atoms with E-state index in [-0.39, 0.29) is 18.7 Å². The van der Waals surface area contributed by atoms with Gasteiger partial charge in [0.25, 0.3) is 0 Å². The minimum absolute atomic E-state index is 0.0581. The Morgan fingerprint density at radius 1 is 1.25 bits per heavy atom. The molecule has 1 atom stereocenters. The summed E-state index contributed by atoms with van der Waals surface area (Å²) in [4.78, 5) is 11.9. The Morgan fingerprint density at radius 2 is 1.95 bits per heavy atom. The van der Waals surface area contributed by atoms with Gasteiger partial charge in [0.05, 0.1) is 0 Å². The van der Waals surface area contributed by atoms with Crippen molar-refractivity contribution in [2.24, 2.45) is 0 Å².